The number of fused-ring (bicyclic) bond motifs is 1. The van der Waals surface area contributed by atoms with Crippen molar-refractivity contribution in [2.45, 2.75) is 32.8 Å². The minimum Gasteiger partial charge on any atom is -0.477 e. The Labute approximate surface area is 189 Å². The van der Waals surface area contributed by atoms with Crippen LogP contribution in [0.15, 0.2) is 40.9 Å². The molecule has 0 saturated carbocycles. The minimum atomic E-state index is -0.621. The van der Waals surface area contributed by atoms with Crippen molar-refractivity contribution in [2.75, 3.05) is 25.1 Å². The fraction of sp³-hybridized carbons (Fsp3) is 0.364. The number of hydrogen-bond donors (Lipinski definition) is 0. The van der Waals surface area contributed by atoms with E-state index in [-0.39, 0.29) is 25.0 Å². The number of imide groups is 1. The molecule has 0 saturated heterocycles. The van der Waals surface area contributed by atoms with Crippen LogP contribution in [0.3, 0.4) is 0 Å². The van der Waals surface area contributed by atoms with E-state index in [0.717, 1.165) is 0 Å². The van der Waals surface area contributed by atoms with Gasteiger partial charge in [0.15, 0.2) is 0 Å². The number of carbonyl (C=O) groups is 3. The normalized spacial score (nSPS) is 13.3. The van der Waals surface area contributed by atoms with Gasteiger partial charge in [-0.05, 0) is 67.4 Å². The molecule has 164 valence electrons. The molecule has 0 fully saturated rings. The molecule has 8 nitrogen and oxygen atoms in total. The summed E-state index contributed by atoms with van der Waals surface area (Å²) >= 11 is 3.38. The summed E-state index contributed by atoms with van der Waals surface area (Å²) in [5.74, 6) is 0.0878. The molecular weight excluding hydrogens is 466 g/mol. The van der Waals surface area contributed by atoms with Crippen LogP contribution in [0.1, 0.15) is 47.9 Å². The summed E-state index contributed by atoms with van der Waals surface area (Å²) in [7, 11) is 1.57. The van der Waals surface area contributed by atoms with Crippen LogP contribution in [0.25, 0.3) is 0 Å². The van der Waals surface area contributed by atoms with E-state index in [1.807, 2.05) is 0 Å². The molecule has 2 heterocycles. The van der Waals surface area contributed by atoms with Crippen molar-refractivity contribution in [1.29, 1.82) is 0 Å². The summed E-state index contributed by atoms with van der Waals surface area (Å²) in [6, 6.07) is 10.2. The Morgan fingerprint density at radius 2 is 1.71 bits per heavy atom. The van der Waals surface area contributed by atoms with Crippen molar-refractivity contribution in [3.8, 4) is 5.88 Å². The topological polar surface area (TPSA) is 89.0 Å². The van der Waals surface area contributed by atoms with Gasteiger partial charge in [-0.3, -0.25) is 19.4 Å². The van der Waals surface area contributed by atoms with E-state index in [1.165, 1.54) is 9.80 Å². The number of halogens is 1. The number of pyridine rings is 1. The van der Waals surface area contributed by atoms with Crippen LogP contribution in [0.2, 0.25) is 0 Å². The zero-order valence-electron chi connectivity index (χ0n) is 17.8. The van der Waals surface area contributed by atoms with Crippen LogP contribution in [-0.2, 0) is 4.74 Å². The van der Waals surface area contributed by atoms with Gasteiger partial charge < -0.3 is 9.47 Å². The Morgan fingerprint density at radius 1 is 1.10 bits per heavy atom. The van der Waals surface area contributed by atoms with E-state index in [0.29, 0.717) is 33.7 Å². The van der Waals surface area contributed by atoms with Gasteiger partial charge in [0.05, 0.1) is 22.2 Å². The van der Waals surface area contributed by atoms with Crippen molar-refractivity contribution in [1.82, 2.24) is 9.88 Å². The second-order valence-corrected chi connectivity index (χ2v) is 8.86. The third-order valence-corrected chi connectivity index (χ3v) is 5.06. The van der Waals surface area contributed by atoms with Gasteiger partial charge in [0.1, 0.15) is 11.4 Å². The first-order chi connectivity index (χ1) is 14.6. The van der Waals surface area contributed by atoms with Crippen LogP contribution in [0, 0.1) is 0 Å². The lowest BCUT2D eigenvalue weighted by Crippen LogP contribution is -2.34. The summed E-state index contributed by atoms with van der Waals surface area (Å²) in [4.78, 5) is 43.9. The molecule has 3 amide bonds. The van der Waals surface area contributed by atoms with Crippen molar-refractivity contribution < 1.29 is 23.9 Å². The fourth-order valence-corrected chi connectivity index (χ4v) is 3.29. The molecule has 0 unspecified atom stereocenters. The molecule has 31 heavy (non-hydrogen) atoms. The number of ether oxygens (including phenoxy) is 2. The van der Waals surface area contributed by atoms with E-state index in [1.54, 1.807) is 64.2 Å². The highest BCUT2D eigenvalue weighted by Crippen LogP contribution is 2.27. The van der Waals surface area contributed by atoms with E-state index in [4.69, 9.17) is 9.47 Å². The van der Waals surface area contributed by atoms with Crippen LogP contribution in [0.5, 0.6) is 5.88 Å². The number of benzene rings is 1. The van der Waals surface area contributed by atoms with Crippen LogP contribution >= 0.6 is 15.9 Å². The minimum absolute atomic E-state index is 0.235. The summed E-state index contributed by atoms with van der Waals surface area (Å²) in [6.45, 7) is 5.84. The number of rotatable bonds is 6. The zero-order valence-corrected chi connectivity index (χ0v) is 19.4. The first-order valence-corrected chi connectivity index (χ1v) is 10.6. The molecule has 9 heteroatoms. The summed E-state index contributed by atoms with van der Waals surface area (Å²) < 4.78 is 11.7. The van der Waals surface area contributed by atoms with Gasteiger partial charge in [-0.25, -0.2) is 4.79 Å². The quantitative estimate of drug-likeness (QED) is 0.444. The monoisotopic (exact) mass is 489 g/mol. The average Bonchev–Trinajstić information content (AvgIpc) is 2.95. The van der Waals surface area contributed by atoms with Gasteiger partial charge in [-0.2, -0.15) is 4.98 Å². The van der Waals surface area contributed by atoms with E-state index in [2.05, 4.69) is 20.9 Å². The highest BCUT2D eigenvalue weighted by atomic mass is 79.9. The first kappa shape index (κ1) is 22.7. The summed E-state index contributed by atoms with van der Waals surface area (Å²) in [5, 5.41) is 0. The van der Waals surface area contributed by atoms with Crippen LogP contribution < -0.4 is 9.64 Å². The van der Waals surface area contributed by atoms with Gasteiger partial charge in [0, 0.05) is 13.6 Å². The third-order valence-electron chi connectivity index (χ3n) is 4.45. The number of anilines is 1. The number of carbonyl (C=O) groups excluding carboxylic acids is 3. The van der Waals surface area contributed by atoms with E-state index < -0.39 is 11.7 Å². The molecule has 1 aliphatic heterocycles. The Morgan fingerprint density at radius 3 is 2.29 bits per heavy atom. The lowest BCUT2D eigenvalue weighted by molar-refractivity contribution is 0.0586. The SMILES string of the molecule is CN(C(=O)OC(C)(C)C)c1ccc(Br)c(OCCCN2C(=O)c3ccccc3C2=O)n1. The molecule has 0 spiro atoms. The van der Waals surface area contributed by atoms with Gasteiger partial charge in [-0.1, -0.05) is 12.1 Å². The largest absolute Gasteiger partial charge is 0.477 e. The van der Waals surface area contributed by atoms with Gasteiger partial charge in [-0.15, -0.1) is 0 Å². The maximum atomic E-state index is 12.4. The molecule has 0 aliphatic carbocycles. The van der Waals surface area contributed by atoms with E-state index in [9.17, 15) is 14.4 Å². The van der Waals surface area contributed by atoms with Crippen molar-refractivity contribution in [3.05, 3.63) is 52.0 Å². The summed E-state index contributed by atoms with van der Waals surface area (Å²) in [6.07, 6.45) is -0.0926. The van der Waals surface area contributed by atoms with Gasteiger partial charge in [0.25, 0.3) is 11.8 Å². The second kappa shape index (κ2) is 9.05. The smallest absolute Gasteiger partial charge is 0.415 e. The van der Waals surface area contributed by atoms with Crippen LogP contribution in [-0.4, -0.2) is 53.6 Å². The number of nitrogens with zero attached hydrogens (tertiary/aromatic N) is 3. The van der Waals surface area contributed by atoms with Crippen molar-refractivity contribution >= 4 is 39.7 Å². The highest BCUT2D eigenvalue weighted by Gasteiger charge is 2.34. The lowest BCUT2D eigenvalue weighted by Gasteiger charge is -2.24. The predicted molar refractivity (Wildman–Crippen MR) is 118 cm³/mol. The molecule has 1 aromatic carbocycles. The molecule has 1 aliphatic rings. The first-order valence-electron chi connectivity index (χ1n) is 9.80. The van der Waals surface area contributed by atoms with Crippen LogP contribution in [0.4, 0.5) is 10.6 Å². The Bertz CT molecular complexity index is 983. The zero-order chi connectivity index (χ0) is 22.8. The number of hydrogen-bond acceptors (Lipinski definition) is 6. The second-order valence-electron chi connectivity index (χ2n) is 8.01. The lowest BCUT2D eigenvalue weighted by atomic mass is 10.1. The summed E-state index contributed by atoms with van der Waals surface area (Å²) in [5.41, 5.74) is 0.232. The van der Waals surface area contributed by atoms with Crippen molar-refractivity contribution in [2.24, 2.45) is 0 Å². The Kier molecular flexibility index (Phi) is 6.64. The number of aromatic nitrogens is 1. The molecule has 0 N–H and O–H groups in total. The van der Waals surface area contributed by atoms with Gasteiger partial charge in [0.2, 0.25) is 5.88 Å². The molecule has 2 aromatic rings. The maximum absolute atomic E-state index is 12.4. The van der Waals surface area contributed by atoms with E-state index >= 15 is 0 Å². The van der Waals surface area contributed by atoms with Crippen molar-refractivity contribution in [3.63, 3.8) is 0 Å². The average molecular weight is 490 g/mol. The predicted octanol–water partition coefficient (Wildman–Crippen LogP) is 4.28. The fourth-order valence-electron chi connectivity index (χ4n) is 2.96. The number of amides is 3. The van der Waals surface area contributed by atoms with Gasteiger partial charge >= 0.3 is 6.09 Å². The molecular formula is C22H24BrN3O5. The molecule has 3 rings (SSSR count). The highest BCUT2D eigenvalue weighted by molar-refractivity contribution is 9.10. The molecule has 0 radical (unpaired) electrons. The molecule has 0 bridgehead atoms. The molecule has 0 atom stereocenters. The molecule has 1 aromatic heterocycles. The Balaban J connectivity index is 1.58. The maximum Gasteiger partial charge on any atom is 0.415 e. The Hall–Kier alpha value is -2.94. The standard InChI is InChI=1S/C22H24BrN3O5/c1-22(2,3)31-21(29)25(4)17-11-10-16(23)18(24-17)30-13-7-12-26-19(27)14-8-5-6-9-15(14)20(26)28/h5-6,8-11H,7,12-13H2,1-4H3. The third kappa shape index (κ3) is 5.22.